The molecule has 0 amide bonds. The van der Waals surface area contributed by atoms with Crippen LogP contribution in [0.25, 0.3) is 0 Å². The van der Waals surface area contributed by atoms with E-state index in [1.807, 2.05) is 19.1 Å². The largest absolute Gasteiger partial charge is 0.367 e. The van der Waals surface area contributed by atoms with E-state index in [0.717, 1.165) is 25.1 Å². The van der Waals surface area contributed by atoms with Gasteiger partial charge in [-0.05, 0) is 49.2 Å². The van der Waals surface area contributed by atoms with Crippen molar-refractivity contribution in [1.82, 2.24) is 4.72 Å². The Kier molecular flexibility index (Phi) is 4.37. The molecular weight excluding hydrogens is 315 g/mol. The van der Waals surface area contributed by atoms with Gasteiger partial charge in [0.2, 0.25) is 10.0 Å². The molecule has 1 atom stereocenters. The highest BCUT2D eigenvalue weighted by atomic mass is 32.2. The number of hydrogen-bond donors (Lipinski definition) is 1. The smallest absolute Gasteiger partial charge is 0.240 e. The van der Waals surface area contributed by atoms with Crippen LogP contribution in [0.2, 0.25) is 0 Å². The monoisotopic (exact) mass is 334 g/mol. The normalized spacial score (nSPS) is 15.5. The molecular formula is C17H19FN2O2S. The fourth-order valence-corrected chi connectivity index (χ4v) is 3.98. The molecule has 6 heteroatoms. The van der Waals surface area contributed by atoms with Crippen molar-refractivity contribution in [3.05, 3.63) is 59.9 Å². The Bertz CT molecular complexity index is 790. The zero-order valence-corrected chi connectivity index (χ0v) is 13.7. The standard InChI is InChI=1S/C17H19FN2O2S/c1-13(20-11-10-14-4-2-3-5-17(14)20)12-19-23(21,22)16-8-6-15(18)7-9-16/h2-9,13,19H,10-12H2,1H3. The molecule has 2 aromatic rings. The number of nitrogens with zero attached hydrogens (tertiary/aromatic N) is 1. The number of nitrogens with one attached hydrogen (secondary N) is 1. The van der Waals surface area contributed by atoms with Gasteiger partial charge in [-0.1, -0.05) is 18.2 Å². The number of para-hydroxylation sites is 1. The molecule has 1 unspecified atom stereocenters. The third kappa shape index (κ3) is 3.38. The number of halogens is 1. The van der Waals surface area contributed by atoms with Gasteiger partial charge in [0.1, 0.15) is 5.82 Å². The summed E-state index contributed by atoms with van der Waals surface area (Å²) in [4.78, 5) is 2.29. The maximum Gasteiger partial charge on any atom is 0.240 e. The highest BCUT2D eigenvalue weighted by Crippen LogP contribution is 2.29. The van der Waals surface area contributed by atoms with Gasteiger partial charge in [0.25, 0.3) is 0 Å². The van der Waals surface area contributed by atoms with Gasteiger partial charge in [-0.2, -0.15) is 0 Å². The molecule has 1 aliphatic heterocycles. The van der Waals surface area contributed by atoms with Crippen LogP contribution < -0.4 is 9.62 Å². The van der Waals surface area contributed by atoms with E-state index in [1.165, 1.54) is 23.4 Å². The van der Waals surface area contributed by atoms with E-state index in [4.69, 9.17) is 0 Å². The zero-order valence-electron chi connectivity index (χ0n) is 12.9. The molecule has 122 valence electrons. The lowest BCUT2D eigenvalue weighted by Gasteiger charge is -2.27. The summed E-state index contributed by atoms with van der Waals surface area (Å²) in [5.41, 5.74) is 2.46. The molecule has 1 heterocycles. The van der Waals surface area contributed by atoms with Crippen molar-refractivity contribution in [3.63, 3.8) is 0 Å². The molecule has 0 spiro atoms. The molecule has 1 N–H and O–H groups in total. The minimum atomic E-state index is -3.62. The average molecular weight is 334 g/mol. The third-order valence-corrected chi connectivity index (χ3v) is 5.59. The van der Waals surface area contributed by atoms with Gasteiger partial charge >= 0.3 is 0 Å². The Morgan fingerprint density at radius 2 is 1.87 bits per heavy atom. The lowest BCUT2D eigenvalue weighted by molar-refractivity contribution is 0.566. The predicted molar refractivity (Wildman–Crippen MR) is 88.5 cm³/mol. The minimum absolute atomic E-state index is 0.0360. The van der Waals surface area contributed by atoms with Crippen molar-refractivity contribution in [3.8, 4) is 0 Å². The summed E-state index contributed by atoms with van der Waals surface area (Å²) in [7, 11) is -3.62. The fraction of sp³-hybridized carbons (Fsp3) is 0.294. The van der Waals surface area contributed by atoms with Crippen LogP contribution in [0.1, 0.15) is 12.5 Å². The number of sulfonamides is 1. The van der Waals surface area contributed by atoms with Crippen LogP contribution in [-0.2, 0) is 16.4 Å². The van der Waals surface area contributed by atoms with Crippen molar-refractivity contribution in [1.29, 1.82) is 0 Å². The van der Waals surface area contributed by atoms with Gasteiger partial charge in [0.15, 0.2) is 0 Å². The van der Waals surface area contributed by atoms with Crippen molar-refractivity contribution in [2.45, 2.75) is 24.3 Å². The maximum absolute atomic E-state index is 12.9. The van der Waals surface area contributed by atoms with Gasteiger partial charge < -0.3 is 4.90 Å². The molecule has 23 heavy (non-hydrogen) atoms. The van der Waals surface area contributed by atoms with Crippen LogP contribution >= 0.6 is 0 Å². The molecule has 0 fully saturated rings. The van der Waals surface area contributed by atoms with E-state index in [2.05, 4.69) is 21.8 Å². The van der Waals surface area contributed by atoms with E-state index in [0.29, 0.717) is 6.54 Å². The molecule has 2 aromatic carbocycles. The van der Waals surface area contributed by atoms with Crippen molar-refractivity contribution in [2.24, 2.45) is 0 Å². The van der Waals surface area contributed by atoms with Crippen molar-refractivity contribution < 1.29 is 12.8 Å². The molecule has 0 saturated carbocycles. The molecule has 1 aliphatic rings. The first-order valence-electron chi connectivity index (χ1n) is 7.57. The van der Waals surface area contributed by atoms with E-state index >= 15 is 0 Å². The van der Waals surface area contributed by atoms with E-state index < -0.39 is 15.8 Å². The Balaban J connectivity index is 1.67. The summed E-state index contributed by atoms with van der Waals surface area (Å²) >= 11 is 0. The summed E-state index contributed by atoms with van der Waals surface area (Å²) in [6.07, 6.45) is 0.977. The van der Waals surface area contributed by atoms with Crippen LogP contribution in [0.4, 0.5) is 10.1 Å². The van der Waals surface area contributed by atoms with Gasteiger partial charge in [-0.25, -0.2) is 17.5 Å². The second-order valence-corrected chi connectivity index (χ2v) is 7.49. The summed E-state index contributed by atoms with van der Waals surface area (Å²) in [5.74, 6) is -0.453. The van der Waals surface area contributed by atoms with Gasteiger partial charge in [0, 0.05) is 24.8 Å². The number of benzene rings is 2. The number of hydrogen-bond acceptors (Lipinski definition) is 3. The van der Waals surface area contributed by atoms with Crippen LogP contribution in [0.3, 0.4) is 0 Å². The van der Waals surface area contributed by atoms with Gasteiger partial charge in [-0.3, -0.25) is 0 Å². The molecule has 0 radical (unpaired) electrons. The third-order valence-electron chi connectivity index (χ3n) is 4.15. The SMILES string of the molecule is CC(CNS(=O)(=O)c1ccc(F)cc1)N1CCc2ccccc21. The Morgan fingerprint density at radius 3 is 2.61 bits per heavy atom. The summed E-state index contributed by atoms with van der Waals surface area (Å²) in [5, 5.41) is 0. The molecule has 0 bridgehead atoms. The van der Waals surface area contributed by atoms with Crippen LogP contribution in [0.15, 0.2) is 53.4 Å². The van der Waals surface area contributed by atoms with E-state index in [1.54, 1.807) is 0 Å². The highest BCUT2D eigenvalue weighted by Gasteiger charge is 2.24. The van der Waals surface area contributed by atoms with E-state index in [-0.39, 0.29) is 10.9 Å². The molecule has 0 aliphatic carbocycles. The van der Waals surface area contributed by atoms with Crippen LogP contribution in [0.5, 0.6) is 0 Å². The zero-order chi connectivity index (χ0) is 16.4. The second kappa shape index (κ2) is 6.29. The fourth-order valence-electron chi connectivity index (χ4n) is 2.86. The summed E-state index contributed by atoms with van der Waals surface area (Å²) in [6.45, 7) is 3.18. The number of anilines is 1. The second-order valence-electron chi connectivity index (χ2n) is 5.73. The predicted octanol–water partition coefficient (Wildman–Crippen LogP) is 2.56. The Morgan fingerprint density at radius 1 is 1.17 bits per heavy atom. The van der Waals surface area contributed by atoms with Crippen molar-refractivity contribution >= 4 is 15.7 Å². The van der Waals surface area contributed by atoms with Gasteiger partial charge in [0.05, 0.1) is 4.90 Å². The van der Waals surface area contributed by atoms with Gasteiger partial charge in [-0.15, -0.1) is 0 Å². The first-order valence-corrected chi connectivity index (χ1v) is 9.05. The lowest BCUT2D eigenvalue weighted by Crippen LogP contribution is -2.41. The van der Waals surface area contributed by atoms with Crippen LogP contribution in [0, 0.1) is 5.82 Å². The molecule has 0 saturated heterocycles. The van der Waals surface area contributed by atoms with E-state index in [9.17, 15) is 12.8 Å². The van der Waals surface area contributed by atoms with Crippen molar-refractivity contribution in [2.75, 3.05) is 18.0 Å². The topological polar surface area (TPSA) is 49.4 Å². The average Bonchev–Trinajstić information content (AvgIpc) is 2.97. The highest BCUT2D eigenvalue weighted by molar-refractivity contribution is 7.89. The molecule has 0 aromatic heterocycles. The molecule has 3 rings (SSSR count). The first kappa shape index (κ1) is 16.0. The maximum atomic E-state index is 12.9. The molecule has 4 nitrogen and oxygen atoms in total. The number of rotatable bonds is 5. The Labute approximate surface area is 136 Å². The van der Waals surface area contributed by atoms with Crippen LogP contribution in [-0.4, -0.2) is 27.5 Å². The lowest BCUT2D eigenvalue weighted by atomic mass is 10.2. The summed E-state index contributed by atoms with van der Waals surface area (Å²) < 4.78 is 40.0. The first-order chi connectivity index (χ1) is 11.0. The number of fused-ring (bicyclic) bond motifs is 1. The quantitative estimate of drug-likeness (QED) is 0.914. The summed E-state index contributed by atoms with van der Waals surface area (Å²) in [6, 6.07) is 13.0. The minimum Gasteiger partial charge on any atom is -0.367 e. The Hall–Kier alpha value is -1.92.